The van der Waals surface area contributed by atoms with Crippen molar-refractivity contribution in [2.45, 2.75) is 65.4 Å². The van der Waals surface area contributed by atoms with Crippen molar-refractivity contribution >= 4 is 0 Å². The normalized spacial score (nSPS) is 21.2. The number of rotatable bonds is 10. The molecule has 148 valence electrons. The van der Waals surface area contributed by atoms with Gasteiger partial charge in [-0.15, -0.1) is 0 Å². The van der Waals surface area contributed by atoms with Crippen molar-refractivity contribution < 1.29 is 14.2 Å². The quantitative estimate of drug-likeness (QED) is 0.644. The van der Waals surface area contributed by atoms with Gasteiger partial charge < -0.3 is 19.5 Å². The van der Waals surface area contributed by atoms with Gasteiger partial charge in [-0.1, -0.05) is 6.07 Å². The summed E-state index contributed by atoms with van der Waals surface area (Å²) in [5.41, 5.74) is 1.22. The van der Waals surface area contributed by atoms with Gasteiger partial charge in [0.1, 0.15) is 0 Å². The Labute approximate surface area is 159 Å². The number of hydrogen-bond donors (Lipinski definition) is 1. The molecule has 1 aliphatic heterocycles. The molecule has 0 bridgehead atoms. The average Bonchev–Trinajstić information content (AvgIpc) is 2.57. The van der Waals surface area contributed by atoms with Crippen molar-refractivity contribution in [1.29, 1.82) is 0 Å². The van der Waals surface area contributed by atoms with E-state index in [9.17, 15) is 0 Å². The van der Waals surface area contributed by atoms with E-state index in [2.05, 4.69) is 36.2 Å². The summed E-state index contributed by atoms with van der Waals surface area (Å²) in [5.74, 6) is 1.61. The summed E-state index contributed by atoms with van der Waals surface area (Å²) in [4.78, 5) is 2.52. The molecule has 0 spiro atoms. The van der Waals surface area contributed by atoms with Gasteiger partial charge in [-0.05, 0) is 71.3 Å². The predicted molar refractivity (Wildman–Crippen MR) is 106 cm³/mol. The maximum Gasteiger partial charge on any atom is 0.161 e. The molecule has 1 fully saturated rings. The number of nitrogens with zero attached hydrogens (tertiary/aromatic N) is 1. The first kappa shape index (κ1) is 21.0. The molecular formula is C21H36N2O3. The minimum Gasteiger partial charge on any atom is -0.493 e. The second-order valence-corrected chi connectivity index (χ2v) is 7.55. The second-order valence-electron chi connectivity index (χ2n) is 7.55. The molecule has 0 radical (unpaired) electrons. The number of benzene rings is 1. The van der Waals surface area contributed by atoms with Crippen LogP contribution in [0.2, 0.25) is 0 Å². The number of nitrogens with one attached hydrogen (secondary N) is 1. The van der Waals surface area contributed by atoms with Gasteiger partial charge in [-0.2, -0.15) is 0 Å². The van der Waals surface area contributed by atoms with E-state index in [1.54, 1.807) is 7.11 Å². The van der Waals surface area contributed by atoms with Crippen LogP contribution in [0, 0.1) is 0 Å². The van der Waals surface area contributed by atoms with E-state index >= 15 is 0 Å². The Bertz CT molecular complexity index is 526. The van der Waals surface area contributed by atoms with E-state index in [0.717, 1.165) is 44.2 Å². The Morgan fingerprint density at radius 3 is 2.54 bits per heavy atom. The molecule has 1 aliphatic rings. The number of morpholine rings is 1. The number of ether oxygens (including phenoxy) is 3. The van der Waals surface area contributed by atoms with Crippen LogP contribution in [0.4, 0.5) is 0 Å². The van der Waals surface area contributed by atoms with Crippen molar-refractivity contribution in [3.05, 3.63) is 23.8 Å². The Morgan fingerprint density at radius 1 is 1.15 bits per heavy atom. The number of methoxy groups -OCH3 is 1. The summed E-state index contributed by atoms with van der Waals surface area (Å²) < 4.78 is 17.0. The highest BCUT2D eigenvalue weighted by Gasteiger charge is 2.21. The summed E-state index contributed by atoms with van der Waals surface area (Å²) >= 11 is 0. The van der Waals surface area contributed by atoms with E-state index in [0.29, 0.717) is 12.2 Å². The predicted octanol–water partition coefficient (Wildman–Crippen LogP) is 3.46. The number of unbranched alkanes of at least 4 members (excludes halogenated alkanes) is 1. The topological polar surface area (TPSA) is 43.0 Å². The molecule has 0 aliphatic carbocycles. The van der Waals surface area contributed by atoms with E-state index in [1.807, 2.05) is 19.9 Å². The third-order valence-electron chi connectivity index (χ3n) is 4.49. The Kier molecular flexibility index (Phi) is 8.69. The summed E-state index contributed by atoms with van der Waals surface area (Å²) in [6.45, 7) is 13.5. The zero-order chi connectivity index (χ0) is 18.9. The molecule has 0 saturated carbocycles. The lowest BCUT2D eigenvalue weighted by molar-refractivity contribution is -0.0681. The zero-order valence-corrected chi connectivity index (χ0v) is 17.1. The Balaban J connectivity index is 1.65. The molecule has 1 saturated heterocycles. The van der Waals surface area contributed by atoms with Crippen LogP contribution in [0.25, 0.3) is 0 Å². The molecule has 5 heteroatoms. The minimum absolute atomic E-state index is 0.144. The van der Waals surface area contributed by atoms with Crippen LogP contribution in [0.5, 0.6) is 11.5 Å². The molecule has 0 aromatic heterocycles. The maximum absolute atomic E-state index is 5.79. The molecule has 1 heterocycles. The first-order chi connectivity index (χ1) is 12.5. The molecule has 1 aromatic rings. The Morgan fingerprint density at radius 2 is 1.88 bits per heavy atom. The van der Waals surface area contributed by atoms with Crippen molar-refractivity contribution in [1.82, 2.24) is 10.2 Å². The van der Waals surface area contributed by atoms with Crippen molar-refractivity contribution in [3.63, 3.8) is 0 Å². The molecule has 5 nitrogen and oxygen atoms in total. The van der Waals surface area contributed by atoms with Gasteiger partial charge in [0.25, 0.3) is 0 Å². The van der Waals surface area contributed by atoms with E-state index in [-0.39, 0.29) is 6.10 Å². The van der Waals surface area contributed by atoms with Gasteiger partial charge in [0.15, 0.2) is 11.5 Å². The lowest BCUT2D eigenvalue weighted by atomic mass is 10.2. The van der Waals surface area contributed by atoms with Crippen molar-refractivity contribution in [3.8, 4) is 11.5 Å². The third-order valence-corrected chi connectivity index (χ3v) is 4.49. The minimum atomic E-state index is 0.144. The van der Waals surface area contributed by atoms with Gasteiger partial charge >= 0.3 is 0 Å². The van der Waals surface area contributed by atoms with E-state index < -0.39 is 0 Å². The third kappa shape index (κ3) is 7.14. The lowest BCUT2D eigenvalue weighted by Crippen LogP contribution is -2.45. The van der Waals surface area contributed by atoms with Crippen LogP contribution in [0.3, 0.4) is 0 Å². The van der Waals surface area contributed by atoms with Gasteiger partial charge in [-0.3, -0.25) is 4.90 Å². The molecule has 26 heavy (non-hydrogen) atoms. The van der Waals surface area contributed by atoms with Crippen molar-refractivity contribution in [2.24, 2.45) is 0 Å². The van der Waals surface area contributed by atoms with Crippen molar-refractivity contribution in [2.75, 3.05) is 33.3 Å². The largest absolute Gasteiger partial charge is 0.493 e. The maximum atomic E-state index is 5.79. The monoisotopic (exact) mass is 364 g/mol. The van der Waals surface area contributed by atoms with Crippen LogP contribution in [0.1, 0.15) is 46.1 Å². The standard InChI is InChI=1S/C21H36N2O3/c1-16(2)25-20-9-8-19(12-21(20)24-5)13-22-10-6-7-11-23-14-17(3)26-18(4)15-23/h8-9,12,16-18,22H,6-7,10-11,13-15H2,1-5H3. The Hall–Kier alpha value is -1.30. The summed E-state index contributed by atoms with van der Waals surface area (Å²) in [6, 6.07) is 6.15. The van der Waals surface area contributed by atoms with Gasteiger partial charge in [-0.25, -0.2) is 0 Å². The summed E-state index contributed by atoms with van der Waals surface area (Å²) in [7, 11) is 1.69. The fraction of sp³-hybridized carbons (Fsp3) is 0.714. The van der Waals surface area contributed by atoms with Crippen LogP contribution in [0.15, 0.2) is 18.2 Å². The van der Waals surface area contributed by atoms with E-state index in [4.69, 9.17) is 14.2 Å². The van der Waals surface area contributed by atoms with E-state index in [1.165, 1.54) is 18.4 Å². The molecule has 2 rings (SSSR count). The fourth-order valence-corrected chi connectivity index (χ4v) is 3.46. The first-order valence-electron chi connectivity index (χ1n) is 9.90. The van der Waals surface area contributed by atoms with Crippen LogP contribution >= 0.6 is 0 Å². The SMILES string of the molecule is COc1cc(CNCCCCN2CC(C)OC(C)C2)ccc1OC(C)C. The summed E-state index contributed by atoms with van der Waals surface area (Å²) in [5, 5.41) is 3.53. The molecule has 2 unspecified atom stereocenters. The average molecular weight is 365 g/mol. The van der Waals surface area contributed by atoms with Gasteiger partial charge in [0.2, 0.25) is 0 Å². The highest BCUT2D eigenvalue weighted by atomic mass is 16.5. The van der Waals surface area contributed by atoms with Gasteiger partial charge in [0, 0.05) is 19.6 Å². The number of hydrogen-bond acceptors (Lipinski definition) is 5. The van der Waals surface area contributed by atoms with Crippen LogP contribution < -0.4 is 14.8 Å². The van der Waals surface area contributed by atoms with Crippen LogP contribution in [-0.4, -0.2) is 56.5 Å². The lowest BCUT2D eigenvalue weighted by Gasteiger charge is -2.35. The summed E-state index contributed by atoms with van der Waals surface area (Å²) in [6.07, 6.45) is 3.26. The smallest absolute Gasteiger partial charge is 0.161 e. The molecule has 1 N–H and O–H groups in total. The molecule has 1 aromatic carbocycles. The first-order valence-corrected chi connectivity index (χ1v) is 9.90. The highest BCUT2D eigenvalue weighted by Crippen LogP contribution is 2.28. The second kappa shape index (κ2) is 10.8. The molecule has 0 amide bonds. The van der Waals surface area contributed by atoms with Crippen LogP contribution in [-0.2, 0) is 11.3 Å². The molecular weight excluding hydrogens is 328 g/mol. The van der Waals surface area contributed by atoms with Gasteiger partial charge in [0.05, 0.1) is 25.4 Å². The fourth-order valence-electron chi connectivity index (χ4n) is 3.46. The zero-order valence-electron chi connectivity index (χ0n) is 17.1. The highest BCUT2D eigenvalue weighted by molar-refractivity contribution is 5.43. The molecule has 2 atom stereocenters.